The molecular formula is C21H26FN3O2. The van der Waals surface area contributed by atoms with Crippen LogP contribution >= 0.6 is 0 Å². The van der Waals surface area contributed by atoms with Gasteiger partial charge in [-0.25, -0.2) is 4.39 Å². The molecule has 0 saturated carbocycles. The molecule has 2 aromatic carbocycles. The van der Waals surface area contributed by atoms with E-state index in [-0.39, 0.29) is 17.4 Å². The van der Waals surface area contributed by atoms with Gasteiger partial charge in [0, 0.05) is 25.5 Å². The first-order valence-electron chi connectivity index (χ1n) is 8.85. The van der Waals surface area contributed by atoms with Crippen LogP contribution in [0.2, 0.25) is 0 Å². The highest BCUT2D eigenvalue weighted by Gasteiger charge is 2.26. The van der Waals surface area contributed by atoms with E-state index in [1.807, 2.05) is 58.0 Å². The Labute approximate surface area is 159 Å². The fourth-order valence-corrected chi connectivity index (χ4v) is 2.68. The van der Waals surface area contributed by atoms with E-state index in [1.165, 1.54) is 18.2 Å². The number of hydrogen-bond acceptors (Lipinski definition) is 3. The Kier molecular flexibility index (Phi) is 6.55. The van der Waals surface area contributed by atoms with Crippen molar-refractivity contribution in [1.29, 1.82) is 0 Å². The van der Waals surface area contributed by atoms with E-state index in [0.717, 1.165) is 11.3 Å². The van der Waals surface area contributed by atoms with Crippen molar-refractivity contribution in [2.24, 2.45) is 5.92 Å². The van der Waals surface area contributed by atoms with Gasteiger partial charge in [0.25, 0.3) is 5.91 Å². The summed E-state index contributed by atoms with van der Waals surface area (Å²) in [6.45, 7) is 5.56. The summed E-state index contributed by atoms with van der Waals surface area (Å²) >= 11 is 0. The number of carbonyl (C=O) groups excluding carboxylic acids is 2. The summed E-state index contributed by atoms with van der Waals surface area (Å²) in [6, 6.07) is 10.6. The average molecular weight is 371 g/mol. The highest BCUT2D eigenvalue weighted by molar-refractivity contribution is 6.01. The van der Waals surface area contributed by atoms with Crippen molar-refractivity contribution in [3.05, 3.63) is 59.4 Å². The third kappa shape index (κ3) is 5.06. The first-order valence-corrected chi connectivity index (χ1v) is 8.85. The highest BCUT2D eigenvalue weighted by atomic mass is 19.1. The van der Waals surface area contributed by atoms with E-state index in [2.05, 4.69) is 10.6 Å². The second-order valence-corrected chi connectivity index (χ2v) is 7.06. The SMILES string of the molecule is Cc1cc(N(C)C)ccc1NC(=O)C(NC(=O)c1ccccc1F)C(C)C. The van der Waals surface area contributed by atoms with Crippen molar-refractivity contribution in [3.8, 4) is 0 Å². The molecule has 2 N–H and O–H groups in total. The molecule has 1 atom stereocenters. The summed E-state index contributed by atoms with van der Waals surface area (Å²) < 4.78 is 13.8. The minimum Gasteiger partial charge on any atom is -0.378 e. The van der Waals surface area contributed by atoms with Gasteiger partial charge in [-0.05, 0) is 48.7 Å². The molecule has 0 aliphatic rings. The summed E-state index contributed by atoms with van der Waals surface area (Å²) in [5.74, 6) is -1.73. The number of benzene rings is 2. The maximum Gasteiger partial charge on any atom is 0.254 e. The Hall–Kier alpha value is -2.89. The van der Waals surface area contributed by atoms with Gasteiger partial charge in [0.2, 0.25) is 5.91 Å². The number of aryl methyl sites for hydroxylation is 1. The maximum atomic E-state index is 13.8. The first kappa shape index (κ1) is 20.4. The average Bonchev–Trinajstić information content (AvgIpc) is 2.61. The number of carbonyl (C=O) groups is 2. The van der Waals surface area contributed by atoms with Crippen LogP contribution in [0.3, 0.4) is 0 Å². The van der Waals surface area contributed by atoms with Crippen molar-refractivity contribution in [2.75, 3.05) is 24.3 Å². The smallest absolute Gasteiger partial charge is 0.254 e. The molecule has 144 valence electrons. The van der Waals surface area contributed by atoms with Crippen LogP contribution in [0.4, 0.5) is 15.8 Å². The number of nitrogens with one attached hydrogen (secondary N) is 2. The second kappa shape index (κ2) is 8.66. The molecule has 0 heterocycles. The van der Waals surface area contributed by atoms with Gasteiger partial charge in [0.15, 0.2) is 0 Å². The third-order valence-corrected chi connectivity index (χ3v) is 4.34. The third-order valence-electron chi connectivity index (χ3n) is 4.34. The molecule has 2 aromatic rings. The zero-order valence-corrected chi connectivity index (χ0v) is 16.3. The molecule has 2 amide bonds. The molecule has 1 unspecified atom stereocenters. The van der Waals surface area contributed by atoms with Gasteiger partial charge in [-0.2, -0.15) is 0 Å². The topological polar surface area (TPSA) is 61.4 Å². The Morgan fingerprint density at radius 3 is 2.30 bits per heavy atom. The molecule has 0 saturated heterocycles. The zero-order valence-electron chi connectivity index (χ0n) is 16.3. The van der Waals surface area contributed by atoms with Crippen molar-refractivity contribution < 1.29 is 14.0 Å². The number of hydrogen-bond donors (Lipinski definition) is 2. The lowest BCUT2D eigenvalue weighted by atomic mass is 10.0. The fourth-order valence-electron chi connectivity index (χ4n) is 2.68. The maximum absolute atomic E-state index is 13.8. The van der Waals surface area contributed by atoms with E-state index in [0.29, 0.717) is 5.69 Å². The van der Waals surface area contributed by atoms with Crippen LogP contribution in [0.15, 0.2) is 42.5 Å². The Bertz CT molecular complexity index is 834. The molecule has 0 aliphatic heterocycles. The van der Waals surface area contributed by atoms with Crippen molar-refractivity contribution >= 4 is 23.2 Å². The Balaban J connectivity index is 2.16. The van der Waals surface area contributed by atoms with Gasteiger partial charge >= 0.3 is 0 Å². The van der Waals surface area contributed by atoms with Crippen LogP contribution < -0.4 is 15.5 Å². The molecule has 0 fully saturated rings. The fraction of sp³-hybridized carbons (Fsp3) is 0.333. The number of nitrogens with zero attached hydrogens (tertiary/aromatic N) is 1. The largest absolute Gasteiger partial charge is 0.378 e. The molecule has 0 aliphatic carbocycles. The molecule has 0 radical (unpaired) electrons. The minimum atomic E-state index is -0.787. The van der Waals surface area contributed by atoms with E-state index >= 15 is 0 Å². The van der Waals surface area contributed by atoms with Gasteiger partial charge in [-0.3, -0.25) is 9.59 Å². The molecule has 5 nitrogen and oxygen atoms in total. The standard InChI is InChI=1S/C21H26FN3O2/c1-13(2)19(24-20(26)16-8-6-7-9-17(16)22)21(27)23-18-11-10-15(25(4)5)12-14(18)3/h6-13,19H,1-5H3,(H,23,27)(H,24,26). The quantitative estimate of drug-likeness (QED) is 0.816. The van der Waals surface area contributed by atoms with Crippen LogP contribution in [-0.4, -0.2) is 32.0 Å². The number of halogens is 1. The van der Waals surface area contributed by atoms with Crippen LogP contribution in [0.1, 0.15) is 29.8 Å². The monoisotopic (exact) mass is 371 g/mol. The lowest BCUT2D eigenvalue weighted by Crippen LogP contribution is -2.47. The molecule has 27 heavy (non-hydrogen) atoms. The Morgan fingerprint density at radius 2 is 1.74 bits per heavy atom. The first-order chi connectivity index (χ1) is 12.7. The van der Waals surface area contributed by atoms with Crippen LogP contribution in [0.25, 0.3) is 0 Å². The van der Waals surface area contributed by atoms with E-state index in [9.17, 15) is 14.0 Å². The minimum absolute atomic E-state index is 0.0810. The van der Waals surface area contributed by atoms with Crippen LogP contribution in [0, 0.1) is 18.7 Å². The van der Waals surface area contributed by atoms with E-state index in [1.54, 1.807) is 6.07 Å². The second-order valence-electron chi connectivity index (χ2n) is 7.06. The van der Waals surface area contributed by atoms with Gasteiger partial charge < -0.3 is 15.5 Å². The van der Waals surface area contributed by atoms with Crippen molar-refractivity contribution in [3.63, 3.8) is 0 Å². The van der Waals surface area contributed by atoms with Crippen molar-refractivity contribution in [1.82, 2.24) is 5.32 Å². The van der Waals surface area contributed by atoms with Gasteiger partial charge in [0.1, 0.15) is 11.9 Å². The van der Waals surface area contributed by atoms with Gasteiger partial charge in [0.05, 0.1) is 5.56 Å². The van der Waals surface area contributed by atoms with Crippen molar-refractivity contribution in [2.45, 2.75) is 26.8 Å². The van der Waals surface area contributed by atoms with Crippen LogP contribution in [0.5, 0.6) is 0 Å². The number of anilines is 2. The summed E-state index contributed by atoms with van der Waals surface area (Å²) in [4.78, 5) is 27.1. The number of rotatable bonds is 6. The summed E-state index contributed by atoms with van der Waals surface area (Å²) in [5, 5.41) is 5.51. The number of amides is 2. The molecule has 0 spiro atoms. The van der Waals surface area contributed by atoms with E-state index in [4.69, 9.17) is 0 Å². The predicted octanol–water partition coefficient (Wildman–Crippen LogP) is 3.59. The molecule has 2 rings (SSSR count). The summed E-state index contributed by atoms with van der Waals surface area (Å²) in [7, 11) is 3.89. The molecule has 6 heteroatoms. The Morgan fingerprint density at radius 1 is 1.07 bits per heavy atom. The molecule has 0 bridgehead atoms. The molecule has 0 aromatic heterocycles. The normalized spacial score (nSPS) is 11.8. The highest BCUT2D eigenvalue weighted by Crippen LogP contribution is 2.22. The molecular weight excluding hydrogens is 345 g/mol. The van der Waals surface area contributed by atoms with Gasteiger partial charge in [-0.15, -0.1) is 0 Å². The zero-order chi connectivity index (χ0) is 20.1. The lowest BCUT2D eigenvalue weighted by molar-refractivity contribution is -0.118. The summed E-state index contributed by atoms with van der Waals surface area (Å²) in [6.07, 6.45) is 0. The van der Waals surface area contributed by atoms with Gasteiger partial charge in [-0.1, -0.05) is 26.0 Å². The van der Waals surface area contributed by atoms with E-state index < -0.39 is 17.8 Å². The lowest BCUT2D eigenvalue weighted by Gasteiger charge is -2.23. The van der Waals surface area contributed by atoms with Crippen LogP contribution in [-0.2, 0) is 4.79 Å². The summed E-state index contributed by atoms with van der Waals surface area (Å²) in [5.41, 5.74) is 2.54. The predicted molar refractivity (Wildman–Crippen MR) is 107 cm³/mol.